The number of methoxy groups -OCH3 is 1. The first-order chi connectivity index (χ1) is 17.6. The van der Waals surface area contributed by atoms with Crippen molar-refractivity contribution in [2.75, 3.05) is 20.3 Å². The van der Waals surface area contributed by atoms with Crippen LogP contribution in [0.2, 0.25) is 0 Å². The van der Waals surface area contributed by atoms with Crippen molar-refractivity contribution in [3.05, 3.63) is 89.9 Å². The molecule has 0 spiro atoms. The number of benzene rings is 3. The molecule has 0 bridgehead atoms. The second-order valence-corrected chi connectivity index (χ2v) is 8.35. The van der Waals surface area contributed by atoms with Gasteiger partial charge in [-0.2, -0.15) is 0 Å². The molecule has 182 valence electrons. The number of amides is 1. The van der Waals surface area contributed by atoms with Crippen molar-refractivity contribution in [2.45, 2.75) is 13.3 Å². The number of halogens is 1. The van der Waals surface area contributed by atoms with Crippen LogP contribution in [0, 0.1) is 5.82 Å². The van der Waals surface area contributed by atoms with Crippen LogP contribution in [0.5, 0.6) is 11.5 Å². The number of nitrogens with zero attached hydrogens (tertiary/aromatic N) is 1. The van der Waals surface area contributed by atoms with Crippen LogP contribution < -0.4 is 14.8 Å². The van der Waals surface area contributed by atoms with E-state index >= 15 is 0 Å². The van der Waals surface area contributed by atoms with Gasteiger partial charge in [0.05, 0.1) is 24.9 Å². The minimum absolute atomic E-state index is 0.281. The third-order valence-electron chi connectivity index (χ3n) is 6.10. The van der Waals surface area contributed by atoms with Crippen molar-refractivity contribution in [1.29, 1.82) is 0 Å². The van der Waals surface area contributed by atoms with Gasteiger partial charge < -0.3 is 19.8 Å². The number of fused-ring (bicyclic) bond motifs is 3. The molecule has 0 saturated heterocycles. The Labute approximate surface area is 208 Å². The molecule has 36 heavy (non-hydrogen) atoms. The molecule has 0 fully saturated rings. The van der Waals surface area contributed by atoms with Gasteiger partial charge >= 0.3 is 0 Å². The predicted octanol–water partition coefficient (Wildman–Crippen LogP) is 5.90. The van der Waals surface area contributed by atoms with Crippen LogP contribution in [0.1, 0.15) is 23.0 Å². The lowest BCUT2D eigenvalue weighted by molar-refractivity contribution is 0.0949. The Morgan fingerprint density at radius 2 is 1.81 bits per heavy atom. The van der Waals surface area contributed by atoms with Crippen molar-refractivity contribution in [1.82, 2.24) is 15.3 Å². The van der Waals surface area contributed by atoms with Crippen LogP contribution in [0.25, 0.3) is 33.1 Å². The van der Waals surface area contributed by atoms with Crippen LogP contribution in [0.3, 0.4) is 0 Å². The number of pyridine rings is 1. The summed E-state index contributed by atoms with van der Waals surface area (Å²) >= 11 is 0. The summed E-state index contributed by atoms with van der Waals surface area (Å²) in [4.78, 5) is 21.3. The normalized spacial score (nSPS) is 11.1. The Balaban J connectivity index is 1.54. The van der Waals surface area contributed by atoms with E-state index in [9.17, 15) is 9.18 Å². The molecule has 6 nitrogen and oxygen atoms in total. The molecule has 2 aromatic heterocycles. The van der Waals surface area contributed by atoms with Crippen molar-refractivity contribution in [3.8, 4) is 22.8 Å². The van der Waals surface area contributed by atoms with Crippen molar-refractivity contribution >= 4 is 27.7 Å². The summed E-state index contributed by atoms with van der Waals surface area (Å²) in [6, 6.07) is 21.9. The summed E-state index contributed by atoms with van der Waals surface area (Å²) in [5.41, 5.74) is 4.02. The second kappa shape index (κ2) is 10.1. The van der Waals surface area contributed by atoms with E-state index in [0.717, 1.165) is 27.4 Å². The maximum atomic E-state index is 14.0. The number of aromatic nitrogens is 2. The summed E-state index contributed by atoms with van der Waals surface area (Å²) in [7, 11) is 1.59. The van der Waals surface area contributed by atoms with E-state index in [1.54, 1.807) is 31.4 Å². The number of rotatable bonds is 8. The molecular formula is C29H26FN3O3. The van der Waals surface area contributed by atoms with Crippen LogP contribution >= 0.6 is 0 Å². The number of carbonyl (C=O) groups is 1. The van der Waals surface area contributed by atoms with Gasteiger partial charge in [0.1, 0.15) is 11.5 Å². The summed E-state index contributed by atoms with van der Waals surface area (Å²) in [5, 5.41) is 4.77. The van der Waals surface area contributed by atoms with Gasteiger partial charge in [0.15, 0.2) is 11.5 Å². The van der Waals surface area contributed by atoms with E-state index in [4.69, 9.17) is 14.5 Å². The lowest BCUT2D eigenvalue weighted by atomic mass is 10.1. The van der Waals surface area contributed by atoms with Gasteiger partial charge in [0, 0.05) is 28.4 Å². The molecule has 2 heterocycles. The number of hydrogen-bond donors (Lipinski definition) is 2. The standard InChI is InChI=1S/C29H26FN3O3/c1-3-36-25-13-12-19(16-26(25)35-2)27-28-21(20-9-5-7-11-23(20)32-28)17-24(33-27)29(34)31-15-14-18-8-4-6-10-22(18)30/h4-13,16-17,32H,3,14-15H2,1-2H3,(H,31,34). The highest BCUT2D eigenvalue weighted by molar-refractivity contribution is 6.13. The van der Waals surface area contributed by atoms with E-state index in [0.29, 0.717) is 42.3 Å². The quantitative estimate of drug-likeness (QED) is 0.288. The smallest absolute Gasteiger partial charge is 0.269 e. The molecular weight excluding hydrogens is 457 g/mol. The molecule has 0 radical (unpaired) electrons. The molecule has 7 heteroatoms. The van der Waals surface area contributed by atoms with Gasteiger partial charge in [-0.15, -0.1) is 0 Å². The van der Waals surface area contributed by atoms with E-state index in [1.165, 1.54) is 6.07 Å². The number of carbonyl (C=O) groups excluding carboxylic acids is 1. The van der Waals surface area contributed by atoms with Gasteiger partial charge in [0.2, 0.25) is 0 Å². The number of ether oxygens (including phenoxy) is 2. The Hall–Kier alpha value is -4.39. The molecule has 0 unspecified atom stereocenters. The second-order valence-electron chi connectivity index (χ2n) is 8.35. The van der Waals surface area contributed by atoms with Crippen LogP contribution in [0.15, 0.2) is 72.8 Å². The number of H-pyrrole nitrogens is 1. The van der Waals surface area contributed by atoms with E-state index in [2.05, 4.69) is 10.3 Å². The van der Waals surface area contributed by atoms with Crippen LogP contribution in [-0.4, -0.2) is 36.1 Å². The Morgan fingerprint density at radius 3 is 2.61 bits per heavy atom. The molecule has 5 rings (SSSR count). The molecule has 0 aliphatic heterocycles. The lowest BCUT2D eigenvalue weighted by Crippen LogP contribution is -2.26. The van der Waals surface area contributed by atoms with E-state index < -0.39 is 0 Å². The number of para-hydroxylation sites is 1. The minimum Gasteiger partial charge on any atom is -0.493 e. The maximum Gasteiger partial charge on any atom is 0.269 e. The molecule has 0 aliphatic rings. The first-order valence-electron chi connectivity index (χ1n) is 11.8. The molecule has 2 N–H and O–H groups in total. The highest BCUT2D eigenvalue weighted by atomic mass is 19.1. The predicted molar refractivity (Wildman–Crippen MR) is 139 cm³/mol. The zero-order chi connectivity index (χ0) is 25.1. The zero-order valence-corrected chi connectivity index (χ0v) is 20.1. The van der Waals surface area contributed by atoms with Gasteiger partial charge in [-0.05, 0) is 55.3 Å². The monoisotopic (exact) mass is 483 g/mol. The molecule has 0 atom stereocenters. The largest absolute Gasteiger partial charge is 0.493 e. The van der Waals surface area contributed by atoms with Gasteiger partial charge in [-0.1, -0.05) is 36.4 Å². The fourth-order valence-corrected chi connectivity index (χ4v) is 4.36. The fraction of sp³-hybridized carbons (Fsp3) is 0.172. The third-order valence-corrected chi connectivity index (χ3v) is 6.10. The molecule has 0 saturated carbocycles. The summed E-state index contributed by atoms with van der Waals surface area (Å²) in [6.45, 7) is 2.72. The first-order valence-corrected chi connectivity index (χ1v) is 11.8. The van der Waals surface area contributed by atoms with Crippen molar-refractivity contribution in [3.63, 3.8) is 0 Å². The van der Waals surface area contributed by atoms with Crippen LogP contribution in [-0.2, 0) is 6.42 Å². The highest BCUT2D eigenvalue weighted by Gasteiger charge is 2.18. The average molecular weight is 484 g/mol. The SMILES string of the molecule is CCOc1ccc(-c2nc(C(=O)NCCc3ccccc3F)cc3c2[nH]c2ccccc23)cc1OC. The van der Waals surface area contributed by atoms with E-state index in [1.807, 2.05) is 49.4 Å². The minimum atomic E-state index is -0.322. The number of nitrogens with one attached hydrogen (secondary N) is 2. The number of hydrogen-bond acceptors (Lipinski definition) is 4. The van der Waals surface area contributed by atoms with Gasteiger partial charge in [-0.25, -0.2) is 9.37 Å². The summed E-state index contributed by atoms with van der Waals surface area (Å²) in [5.74, 6) is 0.619. The van der Waals surface area contributed by atoms with Gasteiger partial charge in [0.25, 0.3) is 5.91 Å². The lowest BCUT2D eigenvalue weighted by Gasteiger charge is -2.12. The Kier molecular flexibility index (Phi) is 6.54. The zero-order valence-electron chi connectivity index (χ0n) is 20.1. The Morgan fingerprint density at radius 1 is 1.00 bits per heavy atom. The topological polar surface area (TPSA) is 76.2 Å². The molecule has 0 aliphatic carbocycles. The highest BCUT2D eigenvalue weighted by Crippen LogP contribution is 2.36. The molecule has 3 aromatic carbocycles. The maximum absolute atomic E-state index is 14.0. The molecule has 5 aromatic rings. The van der Waals surface area contributed by atoms with E-state index in [-0.39, 0.29) is 17.4 Å². The summed E-state index contributed by atoms with van der Waals surface area (Å²) in [6.07, 6.45) is 0.386. The van der Waals surface area contributed by atoms with Gasteiger partial charge in [-0.3, -0.25) is 4.79 Å². The van der Waals surface area contributed by atoms with Crippen molar-refractivity contribution in [2.24, 2.45) is 0 Å². The fourth-order valence-electron chi connectivity index (χ4n) is 4.36. The average Bonchev–Trinajstić information content (AvgIpc) is 3.28. The van der Waals surface area contributed by atoms with Crippen molar-refractivity contribution < 1.29 is 18.7 Å². The third kappa shape index (κ3) is 4.47. The van der Waals surface area contributed by atoms with Crippen LogP contribution in [0.4, 0.5) is 4.39 Å². The molecule has 1 amide bonds. The number of aromatic amines is 1. The summed E-state index contributed by atoms with van der Waals surface area (Å²) < 4.78 is 25.2. The Bertz CT molecular complexity index is 1560. The first kappa shape index (κ1) is 23.4.